The summed E-state index contributed by atoms with van der Waals surface area (Å²) in [5.41, 5.74) is 0. The molecule has 0 fully saturated rings. The number of fused-ring (bicyclic) bond motifs is 2. The minimum Gasteiger partial charge on any atom is -0.358 e. The molecule has 24 heavy (non-hydrogen) atoms. The van der Waals surface area contributed by atoms with Crippen LogP contribution in [0.2, 0.25) is 0 Å². The Balaban J connectivity index is -0.000000133. The molecule has 0 aliphatic rings. The van der Waals surface area contributed by atoms with E-state index in [0.717, 1.165) is 0 Å². The summed E-state index contributed by atoms with van der Waals surface area (Å²) in [4.78, 5) is 0. The Kier molecular flexibility index (Phi) is 20.6. The second-order valence-electron chi connectivity index (χ2n) is 4.31. The van der Waals surface area contributed by atoms with Gasteiger partial charge in [-0.1, -0.05) is 12.1 Å². The van der Waals surface area contributed by atoms with E-state index in [1.54, 1.807) is 0 Å². The van der Waals surface area contributed by atoms with E-state index in [-0.39, 0.29) is 76.8 Å². The quantitative estimate of drug-likeness (QED) is 0.212. The Labute approximate surface area is 182 Å². The summed E-state index contributed by atoms with van der Waals surface area (Å²) in [5, 5.41) is 5.32. The molecular formula is C20H22Cl2SiZr. The fraction of sp³-hybridized carbons (Fsp3) is 0. The maximum atomic E-state index is 2.12. The SMILES string of the molecule is Cl.Cl.[CH3-].[CH3-].[Si].[Zr+4].c1ccc2[cH-]ccc2c1.c1ccc2[cH-]ccc2c1. The molecule has 0 spiro atoms. The van der Waals surface area contributed by atoms with Crippen molar-refractivity contribution in [3.05, 3.63) is 99.8 Å². The zero-order valence-electron chi connectivity index (χ0n) is 13.9. The van der Waals surface area contributed by atoms with E-state index in [9.17, 15) is 0 Å². The third-order valence-electron chi connectivity index (χ3n) is 3.10. The largest absolute Gasteiger partial charge is 4.00 e. The predicted octanol–water partition coefficient (Wildman–Crippen LogP) is 6.48. The second kappa shape index (κ2) is 15.8. The molecule has 0 saturated carbocycles. The normalized spacial score (nSPS) is 7.67. The van der Waals surface area contributed by atoms with Crippen molar-refractivity contribution in [2.45, 2.75) is 0 Å². The van der Waals surface area contributed by atoms with Crippen LogP contribution in [0.5, 0.6) is 0 Å². The number of rotatable bonds is 0. The Morgan fingerprint density at radius 3 is 1.21 bits per heavy atom. The first-order valence-electron chi connectivity index (χ1n) is 6.14. The molecule has 4 heteroatoms. The molecule has 0 bridgehead atoms. The van der Waals surface area contributed by atoms with Gasteiger partial charge >= 0.3 is 26.2 Å². The smallest absolute Gasteiger partial charge is 0.358 e. The number of hydrogen-bond acceptors (Lipinski definition) is 0. The molecule has 0 saturated heterocycles. The molecule has 0 nitrogen and oxygen atoms in total. The van der Waals surface area contributed by atoms with E-state index < -0.39 is 0 Å². The summed E-state index contributed by atoms with van der Waals surface area (Å²) in [6, 6.07) is 29.3. The maximum absolute atomic E-state index is 2.12. The van der Waals surface area contributed by atoms with E-state index in [1.165, 1.54) is 21.5 Å². The van der Waals surface area contributed by atoms with Gasteiger partial charge in [0, 0.05) is 11.0 Å². The molecule has 4 rings (SSSR count). The molecule has 0 amide bonds. The molecule has 0 aliphatic carbocycles. The summed E-state index contributed by atoms with van der Waals surface area (Å²) in [5.74, 6) is 0. The van der Waals surface area contributed by atoms with E-state index in [0.29, 0.717) is 0 Å². The first-order chi connectivity index (χ1) is 8.93. The zero-order valence-corrected chi connectivity index (χ0v) is 19.0. The zero-order chi connectivity index (χ0) is 12.2. The molecule has 4 aromatic carbocycles. The molecule has 0 aliphatic heterocycles. The molecule has 0 N–H and O–H groups in total. The monoisotopic (exact) mass is 450 g/mol. The van der Waals surface area contributed by atoms with Crippen molar-refractivity contribution in [1.82, 2.24) is 0 Å². The minimum absolute atomic E-state index is 0. The molecule has 4 radical (unpaired) electrons. The van der Waals surface area contributed by atoms with Crippen LogP contribution in [0.1, 0.15) is 0 Å². The van der Waals surface area contributed by atoms with Crippen LogP contribution < -0.4 is 0 Å². The minimum atomic E-state index is 0. The summed E-state index contributed by atoms with van der Waals surface area (Å²) < 4.78 is 0. The van der Waals surface area contributed by atoms with Crippen LogP contribution in [0.3, 0.4) is 0 Å². The Hall–Kier alpha value is -0.660. The van der Waals surface area contributed by atoms with Gasteiger partial charge in [-0.05, 0) is 0 Å². The van der Waals surface area contributed by atoms with Crippen molar-refractivity contribution in [2.24, 2.45) is 0 Å². The van der Waals surface area contributed by atoms with Gasteiger partial charge < -0.3 is 14.9 Å². The van der Waals surface area contributed by atoms with Crippen molar-refractivity contribution < 1.29 is 26.2 Å². The van der Waals surface area contributed by atoms with E-state index >= 15 is 0 Å². The van der Waals surface area contributed by atoms with Gasteiger partial charge in [-0.15, -0.1) is 84.1 Å². The van der Waals surface area contributed by atoms with Crippen LogP contribution in [-0.2, 0) is 26.2 Å². The first-order valence-corrected chi connectivity index (χ1v) is 6.14. The van der Waals surface area contributed by atoms with Gasteiger partial charge in [0.25, 0.3) is 0 Å². The van der Waals surface area contributed by atoms with Crippen LogP contribution >= 0.6 is 24.8 Å². The van der Waals surface area contributed by atoms with Gasteiger partial charge in [0.05, 0.1) is 0 Å². The van der Waals surface area contributed by atoms with Crippen molar-refractivity contribution in [2.75, 3.05) is 0 Å². The van der Waals surface area contributed by atoms with Gasteiger partial charge in [-0.3, -0.25) is 0 Å². The van der Waals surface area contributed by atoms with Gasteiger partial charge in [0.15, 0.2) is 0 Å². The molecule has 4 aromatic rings. The van der Waals surface area contributed by atoms with Gasteiger partial charge in [-0.2, -0.15) is 35.0 Å². The Bertz CT molecular complexity index is 636. The Morgan fingerprint density at radius 2 is 0.875 bits per heavy atom. The van der Waals surface area contributed by atoms with Crippen LogP contribution in [0, 0.1) is 14.9 Å². The summed E-state index contributed by atoms with van der Waals surface area (Å²) in [6.45, 7) is 0. The van der Waals surface area contributed by atoms with E-state index in [1.807, 2.05) is 0 Å². The van der Waals surface area contributed by atoms with Crippen molar-refractivity contribution in [3.63, 3.8) is 0 Å². The molecule has 0 atom stereocenters. The molecule has 124 valence electrons. The molecule has 0 heterocycles. The number of halogens is 2. The third-order valence-corrected chi connectivity index (χ3v) is 3.10. The van der Waals surface area contributed by atoms with Crippen LogP contribution in [0.4, 0.5) is 0 Å². The van der Waals surface area contributed by atoms with Crippen LogP contribution in [-0.4, -0.2) is 11.0 Å². The predicted molar refractivity (Wildman–Crippen MR) is 112 cm³/mol. The van der Waals surface area contributed by atoms with Crippen molar-refractivity contribution in [3.8, 4) is 0 Å². The van der Waals surface area contributed by atoms with Gasteiger partial charge in [0.1, 0.15) is 0 Å². The average molecular weight is 453 g/mol. The van der Waals surface area contributed by atoms with Crippen molar-refractivity contribution >= 4 is 57.3 Å². The third kappa shape index (κ3) is 7.94. The van der Waals surface area contributed by atoms with Gasteiger partial charge in [0.2, 0.25) is 0 Å². The van der Waals surface area contributed by atoms with E-state index in [2.05, 4.69) is 84.9 Å². The fourth-order valence-corrected chi connectivity index (χ4v) is 2.14. The number of benzene rings is 2. The second-order valence-corrected chi connectivity index (χ2v) is 4.31. The Morgan fingerprint density at radius 1 is 0.542 bits per heavy atom. The molecule has 0 aromatic heterocycles. The maximum Gasteiger partial charge on any atom is 4.00 e. The molecular weight excluding hydrogens is 430 g/mol. The topological polar surface area (TPSA) is 0 Å². The van der Waals surface area contributed by atoms with E-state index in [4.69, 9.17) is 0 Å². The number of hydrogen-bond donors (Lipinski definition) is 0. The van der Waals surface area contributed by atoms with Crippen LogP contribution in [0.25, 0.3) is 21.5 Å². The fourth-order valence-electron chi connectivity index (χ4n) is 2.14. The van der Waals surface area contributed by atoms with Crippen LogP contribution in [0.15, 0.2) is 84.9 Å². The summed E-state index contributed by atoms with van der Waals surface area (Å²) in [7, 11) is 0. The van der Waals surface area contributed by atoms with Gasteiger partial charge in [-0.25, -0.2) is 0 Å². The van der Waals surface area contributed by atoms with Crippen molar-refractivity contribution in [1.29, 1.82) is 0 Å². The standard InChI is InChI=1S/2C9H7.2CH3.2ClH.Si.Zr/c2*1-2-5-9-7-3-6-8(9)4-1;;;;;;/h2*1-7H;2*1H3;2*1H;;/q4*-1;;;;+4. The average Bonchev–Trinajstić information content (AvgIpc) is 3.08. The molecule has 0 unspecified atom stereocenters. The summed E-state index contributed by atoms with van der Waals surface area (Å²) in [6.07, 6.45) is 0. The summed E-state index contributed by atoms with van der Waals surface area (Å²) >= 11 is 0. The first kappa shape index (κ1) is 31.1.